The Morgan fingerprint density at radius 3 is 1.32 bits per heavy atom. The van der Waals surface area contributed by atoms with Crippen LogP contribution in [0.15, 0.2) is 158 Å². The van der Waals surface area contributed by atoms with Gasteiger partial charge in [0.1, 0.15) is 42.9 Å². The quantitative estimate of drug-likeness (QED) is 0.00884. The first-order chi connectivity index (χ1) is 39.0. The summed E-state index contributed by atoms with van der Waals surface area (Å²) in [6.45, 7) is 6.73. The number of ether oxygens (including phenoxy) is 2. The third kappa shape index (κ3) is 13.8. The van der Waals surface area contributed by atoms with Crippen molar-refractivity contribution in [3.05, 3.63) is 224 Å². The Labute approximate surface area is 525 Å². The van der Waals surface area contributed by atoms with E-state index in [-0.39, 0.29) is 117 Å². The van der Waals surface area contributed by atoms with Crippen LogP contribution in [0.4, 0.5) is 0 Å². The van der Waals surface area contributed by atoms with Crippen LogP contribution in [0.5, 0.6) is 23.0 Å². The van der Waals surface area contributed by atoms with Gasteiger partial charge in [0.15, 0.2) is 5.78 Å². The molecule has 413 valence electrons. The fraction of sp³-hybridized carbons (Fsp3) is 0.109. The average Bonchev–Trinajstić information content (AvgIpc) is 1.04. The van der Waals surface area contributed by atoms with Crippen LogP contribution >= 0.6 is 7.82 Å². The number of aryl methyl sites for hydroxylation is 6. The number of phenolic OH excluding ortho intramolecular Hbond substituents is 2. The molecule has 0 aliphatic heterocycles. The molecule has 17 nitrogen and oxygen atoms in total. The number of aromatic hydroxyl groups is 2. The number of carboxylic acid groups (broad SMARTS) is 2. The number of ketones is 1. The number of phosphoric acid groups is 1. The van der Waals surface area contributed by atoms with Crippen molar-refractivity contribution >= 4 is 122 Å². The van der Waals surface area contributed by atoms with Gasteiger partial charge in [0.2, 0.25) is 22.1 Å². The monoisotopic (exact) mass is 1170 g/mol. The number of rotatable bonds is 13. The fourth-order valence-corrected chi connectivity index (χ4v) is 10.4. The fourth-order valence-electron chi connectivity index (χ4n) is 9.98. The Bertz CT molecular complexity index is 4340. The average molecular weight is 1170 g/mol. The summed E-state index contributed by atoms with van der Waals surface area (Å²) in [5, 5.41) is 40.3. The molecule has 1 unspecified atom stereocenters. The molecule has 0 spiro atoms. The Hall–Kier alpha value is -8.06. The molecule has 0 amide bonds. The summed E-state index contributed by atoms with van der Waals surface area (Å²) in [7, 11) is -1.54. The number of carbonyl (C=O) groups is 5. The number of fused-ring (bicyclic) bond motifs is 4. The number of hydrogen-bond donors (Lipinski definition) is 5. The second-order valence-electron chi connectivity index (χ2n) is 19.6. The van der Waals surface area contributed by atoms with Gasteiger partial charge < -0.3 is 44.2 Å². The molecule has 2 aromatic heterocycles. The third-order valence-corrected chi connectivity index (χ3v) is 14.3. The summed E-state index contributed by atoms with van der Waals surface area (Å²) in [4.78, 5) is 84.9. The summed E-state index contributed by atoms with van der Waals surface area (Å²) in [5.74, 6) is -2.95. The summed E-state index contributed by atoms with van der Waals surface area (Å²) < 4.78 is 32.3. The van der Waals surface area contributed by atoms with Gasteiger partial charge in [0.25, 0.3) is 0 Å². The second-order valence-corrected chi connectivity index (χ2v) is 20.7. The molecule has 1 radical (unpaired) electrons. The summed E-state index contributed by atoms with van der Waals surface area (Å²) in [5.41, 5.74) is 7.58. The molecular formula is C64H52N2Na2O15P+2. The van der Waals surface area contributed by atoms with E-state index in [1.165, 1.54) is 42.5 Å². The molecule has 0 fully saturated rings. The number of nitrogens with zero attached hydrogens (tertiary/aromatic N) is 2. The zero-order chi connectivity index (χ0) is 58.9. The third-order valence-electron chi connectivity index (χ3n) is 13.9. The van der Waals surface area contributed by atoms with E-state index >= 15 is 0 Å². The number of carbonyl (C=O) groups excluding carboxylic acids is 3. The van der Waals surface area contributed by atoms with Crippen molar-refractivity contribution in [1.29, 1.82) is 0 Å². The van der Waals surface area contributed by atoms with Crippen LogP contribution in [0.1, 0.15) is 90.7 Å². The van der Waals surface area contributed by atoms with E-state index in [1.807, 2.05) is 52.6 Å². The summed E-state index contributed by atoms with van der Waals surface area (Å²) >= 11 is 0. The predicted octanol–water partition coefficient (Wildman–Crippen LogP) is 7.14. The molecule has 8 aromatic carbocycles. The molecule has 0 aliphatic rings. The number of aromatic nitrogens is 2. The van der Waals surface area contributed by atoms with Crippen molar-refractivity contribution in [3.8, 4) is 23.0 Å². The van der Waals surface area contributed by atoms with Crippen LogP contribution in [0, 0.1) is 27.7 Å². The molecule has 10 rings (SSSR count). The van der Waals surface area contributed by atoms with E-state index in [9.17, 15) is 58.8 Å². The first-order valence-electron chi connectivity index (χ1n) is 25.3. The van der Waals surface area contributed by atoms with Crippen molar-refractivity contribution < 1.29 is 111 Å². The van der Waals surface area contributed by atoms with E-state index in [0.29, 0.717) is 82.8 Å². The number of aromatic carboxylic acids is 2. The standard InChI is InChI=1S/C32H26NO9P.C32H25NO6.2Na/c1-18-14-22(31(35)36)15-19(2)30(18)41-32(37)29-24-6-4-5-7-26(24)33(3)27-17-21(10-13-25(27)29)28(42-43(38,39)40)16-20-8-11-23(34)12-9-20;1-18-14-22(31(36)37)15-19(2)30(18)39-32(38)29-24-6-4-5-7-26(24)33(3)27-17-21(10-13-25(27)29)28(35)16-20-8-11-23(34)12-9-20;;/h4-17H,1-3H3,(H3,35,36,38,39,40);4-15,17H,16H2,1-3H3,(H-,34,36,37);;/q;;;+1/p+1. The molecule has 0 bridgehead atoms. The smallest absolute Gasteiger partial charge is 0.746 e. The van der Waals surface area contributed by atoms with Gasteiger partial charge in [0, 0.05) is 71.4 Å². The maximum atomic E-state index is 13.8. The van der Waals surface area contributed by atoms with Crippen LogP contribution in [-0.2, 0) is 29.6 Å². The predicted molar refractivity (Wildman–Crippen MR) is 310 cm³/mol. The normalized spacial score (nSPS) is 11.8. The van der Waals surface area contributed by atoms with E-state index in [0.717, 1.165) is 11.1 Å². The number of phenols is 2. The number of para-hydroxylation sites is 2. The minimum atomic E-state index is -5.21. The Balaban J connectivity index is 0.000000236. The molecule has 1 atom stereocenters. The number of hydrogen-bond acceptors (Lipinski definition) is 12. The molecule has 20 heteroatoms. The van der Waals surface area contributed by atoms with Crippen molar-refractivity contribution in [1.82, 2.24) is 0 Å². The van der Waals surface area contributed by atoms with Gasteiger partial charge in [0.05, 0.1) is 43.8 Å². The number of carboxylic acids is 2. The van der Waals surface area contributed by atoms with E-state index < -0.39 is 31.7 Å². The zero-order valence-corrected chi connectivity index (χ0v) is 51.9. The number of phosphoric ester groups is 1. The molecular weight excluding hydrogens is 1110 g/mol. The number of benzene rings is 8. The topological polar surface area (TPSA) is 262 Å². The van der Waals surface area contributed by atoms with Crippen LogP contribution in [-0.4, -0.2) is 84.5 Å². The molecule has 5 N–H and O–H groups in total. The van der Waals surface area contributed by atoms with Crippen molar-refractivity contribution in [2.75, 3.05) is 0 Å². The molecule has 84 heavy (non-hydrogen) atoms. The summed E-state index contributed by atoms with van der Waals surface area (Å²) in [6.07, 6.45) is 1.56. The zero-order valence-electron chi connectivity index (χ0n) is 47.0. The van der Waals surface area contributed by atoms with Gasteiger partial charge >= 0.3 is 61.3 Å². The van der Waals surface area contributed by atoms with Crippen molar-refractivity contribution in [3.63, 3.8) is 0 Å². The molecule has 10 aromatic rings. The molecule has 0 saturated carbocycles. The van der Waals surface area contributed by atoms with Gasteiger partial charge in [-0.25, -0.2) is 19.2 Å². The molecule has 0 aliphatic carbocycles. The van der Waals surface area contributed by atoms with Crippen LogP contribution in [0.2, 0.25) is 0 Å². The van der Waals surface area contributed by atoms with Gasteiger partial charge in [-0.3, -0.25) is 9.36 Å². The molecule has 0 saturated heterocycles. The van der Waals surface area contributed by atoms with Gasteiger partial charge in [-0.15, -0.1) is 0 Å². The van der Waals surface area contributed by atoms with Crippen molar-refractivity contribution in [2.45, 2.75) is 34.1 Å². The van der Waals surface area contributed by atoms with Crippen LogP contribution < -0.4 is 53.1 Å². The maximum absolute atomic E-state index is 13.8. The molecule has 2 heterocycles. The minimum Gasteiger partial charge on any atom is -0.746 e. The first kappa shape index (κ1) is 63.5. The van der Waals surface area contributed by atoms with E-state index in [2.05, 4.69) is 0 Å². The Morgan fingerprint density at radius 1 is 0.524 bits per heavy atom. The number of Topliss-reactive ketones (excluding diaryl/α,β-unsaturated/α-hetero) is 1. The van der Waals surface area contributed by atoms with E-state index in [1.54, 1.807) is 120 Å². The van der Waals surface area contributed by atoms with Crippen LogP contribution in [0.3, 0.4) is 0 Å². The Kier molecular flexibility index (Phi) is 19.8. The van der Waals surface area contributed by atoms with Gasteiger partial charge in [-0.1, -0.05) is 60.7 Å². The number of esters is 2. The SMILES string of the molecule is Cc1cc(C(=O)O)cc(C)c1OC(=O)c1c2ccccc2[n+](C)c2cc(/C(=C/c3ccc(O)cc3)OP(=O)([O-])O)ccc12.Cc1cc(C(=O)O)cc(C)c1OC(=O)c1c2ccccc2[n+](C)c2cc(C(=O)Cc3ccc(O)cc3)ccc12.[Na+].[Na]. The maximum Gasteiger partial charge on any atom is 1.00 e. The second kappa shape index (κ2) is 26.2. The summed E-state index contributed by atoms with van der Waals surface area (Å²) in [6, 6.07) is 43.0. The largest absolute Gasteiger partial charge is 1.00 e. The number of pyridine rings is 2. The van der Waals surface area contributed by atoms with E-state index in [4.69, 9.17) is 14.0 Å². The Morgan fingerprint density at radius 2 is 0.905 bits per heavy atom. The van der Waals surface area contributed by atoms with Gasteiger partial charge in [-0.05, 0) is 140 Å². The minimum absolute atomic E-state index is 0. The van der Waals surface area contributed by atoms with Gasteiger partial charge in [-0.2, -0.15) is 9.13 Å². The first-order valence-corrected chi connectivity index (χ1v) is 26.8. The van der Waals surface area contributed by atoms with Crippen molar-refractivity contribution in [2.24, 2.45) is 14.1 Å². The van der Waals surface area contributed by atoms with Crippen LogP contribution in [0.25, 0.3) is 55.4 Å².